The maximum atomic E-state index is 12.2. The number of benzene rings is 2. The first kappa shape index (κ1) is 18.4. The topological polar surface area (TPSA) is 38.3 Å². The smallest absolute Gasteiger partial charge is 0.230 e. The summed E-state index contributed by atoms with van der Waals surface area (Å²) in [5, 5.41) is 3.12. The van der Waals surface area contributed by atoms with Gasteiger partial charge in [0, 0.05) is 5.75 Å². The highest BCUT2D eigenvalue weighted by Crippen LogP contribution is 2.21. The molecule has 3 nitrogen and oxygen atoms in total. The van der Waals surface area contributed by atoms with E-state index < -0.39 is 0 Å². The van der Waals surface area contributed by atoms with Crippen LogP contribution in [-0.2, 0) is 10.5 Å². The van der Waals surface area contributed by atoms with Crippen LogP contribution < -0.4 is 10.1 Å². The monoisotopic (exact) mass is 343 g/mol. The summed E-state index contributed by atoms with van der Waals surface area (Å²) in [6.45, 7) is 4.18. The number of hydrogen-bond acceptors (Lipinski definition) is 3. The fourth-order valence-corrected chi connectivity index (χ4v) is 3.43. The number of methoxy groups -OCH3 is 1. The molecule has 0 radical (unpaired) electrons. The lowest BCUT2D eigenvalue weighted by atomic mass is 10.0. The van der Waals surface area contributed by atoms with E-state index in [2.05, 4.69) is 31.3 Å². The fraction of sp³-hybridized carbons (Fsp3) is 0.350. The number of carbonyl (C=O) groups excluding carboxylic acids is 1. The summed E-state index contributed by atoms with van der Waals surface area (Å²) in [7, 11) is 1.65. The van der Waals surface area contributed by atoms with Crippen LogP contribution in [0.2, 0.25) is 0 Å². The zero-order valence-corrected chi connectivity index (χ0v) is 15.4. The van der Waals surface area contributed by atoms with Crippen LogP contribution in [0.3, 0.4) is 0 Å². The molecule has 24 heavy (non-hydrogen) atoms. The van der Waals surface area contributed by atoms with Crippen molar-refractivity contribution in [2.45, 2.75) is 32.1 Å². The third-order valence-corrected chi connectivity index (χ3v) is 5.00. The van der Waals surface area contributed by atoms with Crippen molar-refractivity contribution in [3.63, 3.8) is 0 Å². The van der Waals surface area contributed by atoms with Gasteiger partial charge in [0.05, 0.1) is 18.9 Å². The molecule has 2 aromatic rings. The highest BCUT2D eigenvalue weighted by atomic mass is 32.2. The van der Waals surface area contributed by atoms with Gasteiger partial charge in [-0.3, -0.25) is 4.79 Å². The Morgan fingerprint density at radius 3 is 2.50 bits per heavy atom. The van der Waals surface area contributed by atoms with E-state index in [1.54, 1.807) is 18.9 Å². The summed E-state index contributed by atoms with van der Waals surface area (Å²) in [5.74, 6) is 2.24. The van der Waals surface area contributed by atoms with E-state index in [1.807, 2.05) is 36.4 Å². The largest absolute Gasteiger partial charge is 0.497 e. The van der Waals surface area contributed by atoms with Gasteiger partial charge in [0.2, 0.25) is 5.91 Å². The molecular formula is C20H25NO2S. The molecule has 0 aliphatic heterocycles. The molecule has 0 saturated heterocycles. The summed E-state index contributed by atoms with van der Waals surface area (Å²) < 4.78 is 5.18. The van der Waals surface area contributed by atoms with E-state index in [9.17, 15) is 4.79 Å². The second kappa shape index (κ2) is 9.38. The third-order valence-electron chi connectivity index (χ3n) is 4.01. The predicted molar refractivity (Wildman–Crippen MR) is 102 cm³/mol. The maximum absolute atomic E-state index is 12.2. The van der Waals surface area contributed by atoms with Crippen LogP contribution in [0.5, 0.6) is 5.75 Å². The van der Waals surface area contributed by atoms with E-state index in [0.717, 1.165) is 23.5 Å². The minimum Gasteiger partial charge on any atom is -0.497 e. The number of amides is 1. The number of aryl methyl sites for hydroxylation is 1. The van der Waals surface area contributed by atoms with Crippen LogP contribution in [0.15, 0.2) is 48.5 Å². The third kappa shape index (κ3) is 5.31. The van der Waals surface area contributed by atoms with E-state index >= 15 is 0 Å². The Balaban J connectivity index is 1.84. The zero-order valence-electron chi connectivity index (χ0n) is 14.5. The van der Waals surface area contributed by atoms with Gasteiger partial charge in [-0.25, -0.2) is 0 Å². The first-order valence-electron chi connectivity index (χ1n) is 8.19. The Bertz CT molecular complexity index is 655. The SMILES string of the molecule is CC[C@@H](NC(=O)CSCc1ccccc1C)c1ccc(OC)cc1. The van der Waals surface area contributed by atoms with Gasteiger partial charge in [-0.1, -0.05) is 43.3 Å². The normalized spacial score (nSPS) is 11.8. The molecule has 0 aromatic heterocycles. The molecule has 1 N–H and O–H groups in total. The lowest BCUT2D eigenvalue weighted by Crippen LogP contribution is -2.29. The molecule has 1 amide bonds. The highest BCUT2D eigenvalue weighted by Gasteiger charge is 2.13. The molecule has 0 aliphatic carbocycles. The molecule has 0 aliphatic rings. The van der Waals surface area contributed by atoms with Gasteiger partial charge >= 0.3 is 0 Å². The molecule has 2 rings (SSSR count). The predicted octanol–water partition coefficient (Wildman–Crippen LogP) is 4.50. The Hall–Kier alpha value is -1.94. The number of thioether (sulfide) groups is 1. The van der Waals surface area contributed by atoms with E-state index in [-0.39, 0.29) is 11.9 Å². The molecule has 1 atom stereocenters. The zero-order chi connectivity index (χ0) is 17.4. The Morgan fingerprint density at radius 1 is 1.17 bits per heavy atom. The van der Waals surface area contributed by atoms with Gasteiger partial charge in [0.1, 0.15) is 5.75 Å². The average molecular weight is 343 g/mol. The molecule has 0 bridgehead atoms. The highest BCUT2D eigenvalue weighted by molar-refractivity contribution is 7.99. The number of hydrogen-bond donors (Lipinski definition) is 1. The van der Waals surface area contributed by atoms with E-state index in [1.165, 1.54) is 11.1 Å². The standard InChI is InChI=1S/C20H25NO2S/c1-4-19(16-9-11-18(23-3)12-10-16)21-20(22)14-24-13-17-8-6-5-7-15(17)2/h5-12,19H,4,13-14H2,1-3H3,(H,21,22)/t19-/m1/s1. The van der Waals surface area contributed by atoms with Crippen LogP contribution >= 0.6 is 11.8 Å². The van der Waals surface area contributed by atoms with Crippen molar-refractivity contribution in [1.82, 2.24) is 5.32 Å². The molecule has 0 spiro atoms. The van der Waals surface area contributed by atoms with Crippen LogP contribution in [-0.4, -0.2) is 18.8 Å². The summed E-state index contributed by atoms with van der Waals surface area (Å²) in [6, 6.07) is 16.2. The van der Waals surface area contributed by atoms with Crippen molar-refractivity contribution in [3.05, 3.63) is 65.2 Å². The van der Waals surface area contributed by atoms with Gasteiger partial charge in [0.15, 0.2) is 0 Å². The van der Waals surface area contributed by atoms with Crippen molar-refractivity contribution < 1.29 is 9.53 Å². The average Bonchev–Trinajstić information content (AvgIpc) is 2.61. The van der Waals surface area contributed by atoms with Crippen molar-refractivity contribution in [2.24, 2.45) is 0 Å². The first-order valence-corrected chi connectivity index (χ1v) is 9.35. The number of ether oxygens (including phenoxy) is 1. The molecule has 2 aromatic carbocycles. The lowest BCUT2D eigenvalue weighted by Gasteiger charge is -2.18. The van der Waals surface area contributed by atoms with Crippen LogP contribution in [0.25, 0.3) is 0 Å². The van der Waals surface area contributed by atoms with Gasteiger partial charge in [0.25, 0.3) is 0 Å². The molecular weight excluding hydrogens is 318 g/mol. The molecule has 0 saturated carbocycles. The summed E-state index contributed by atoms with van der Waals surface area (Å²) >= 11 is 1.65. The molecule has 0 heterocycles. The molecule has 0 fully saturated rings. The van der Waals surface area contributed by atoms with E-state index in [0.29, 0.717) is 5.75 Å². The quantitative estimate of drug-likeness (QED) is 0.767. The fourth-order valence-electron chi connectivity index (χ4n) is 2.52. The minimum absolute atomic E-state index is 0.0440. The van der Waals surface area contributed by atoms with Crippen molar-refractivity contribution >= 4 is 17.7 Å². The van der Waals surface area contributed by atoms with Gasteiger partial charge in [-0.05, 0) is 42.2 Å². The van der Waals surface area contributed by atoms with Gasteiger partial charge in [-0.15, -0.1) is 11.8 Å². The number of nitrogens with one attached hydrogen (secondary N) is 1. The van der Waals surface area contributed by atoms with Crippen molar-refractivity contribution in [1.29, 1.82) is 0 Å². The Kier molecular flexibility index (Phi) is 7.19. The Labute approximate surface area is 148 Å². The summed E-state index contributed by atoms with van der Waals surface area (Å²) in [6.07, 6.45) is 0.862. The van der Waals surface area contributed by atoms with Crippen LogP contribution in [0.1, 0.15) is 36.1 Å². The number of rotatable bonds is 8. The first-order chi connectivity index (χ1) is 11.6. The Morgan fingerprint density at radius 2 is 1.88 bits per heavy atom. The second-order valence-corrected chi connectivity index (χ2v) is 6.71. The van der Waals surface area contributed by atoms with Crippen LogP contribution in [0, 0.1) is 6.92 Å². The van der Waals surface area contributed by atoms with Gasteiger partial charge < -0.3 is 10.1 Å². The molecule has 128 valence electrons. The van der Waals surface area contributed by atoms with Crippen LogP contribution in [0.4, 0.5) is 0 Å². The van der Waals surface area contributed by atoms with E-state index in [4.69, 9.17) is 4.74 Å². The molecule has 0 unspecified atom stereocenters. The minimum atomic E-state index is 0.0440. The summed E-state index contributed by atoms with van der Waals surface area (Å²) in [5.41, 5.74) is 3.67. The van der Waals surface area contributed by atoms with Crippen molar-refractivity contribution in [3.8, 4) is 5.75 Å². The summed E-state index contributed by atoms with van der Waals surface area (Å²) in [4.78, 5) is 12.2. The van der Waals surface area contributed by atoms with Crippen molar-refractivity contribution in [2.75, 3.05) is 12.9 Å². The maximum Gasteiger partial charge on any atom is 0.230 e. The van der Waals surface area contributed by atoms with Gasteiger partial charge in [-0.2, -0.15) is 0 Å². The lowest BCUT2D eigenvalue weighted by molar-refractivity contribution is -0.119. The number of carbonyl (C=O) groups is 1. The molecule has 4 heteroatoms. The second-order valence-electron chi connectivity index (χ2n) is 5.72.